The maximum Gasteiger partial charge on any atom is 0.323 e. The number of carboxylic acids is 1. The highest BCUT2D eigenvalue weighted by Gasteiger charge is 2.27. The van der Waals surface area contributed by atoms with Gasteiger partial charge in [-0.25, -0.2) is 4.39 Å². The van der Waals surface area contributed by atoms with Crippen LogP contribution in [-0.2, 0) is 25.5 Å². The molecule has 1 aliphatic heterocycles. The summed E-state index contributed by atoms with van der Waals surface area (Å²) in [6.45, 7) is 1.95. The van der Waals surface area contributed by atoms with Gasteiger partial charge < -0.3 is 19.6 Å². The summed E-state index contributed by atoms with van der Waals surface area (Å²) in [7, 11) is 0. The smallest absolute Gasteiger partial charge is 0.323 e. The molecule has 0 bridgehead atoms. The van der Waals surface area contributed by atoms with Crippen molar-refractivity contribution in [3.05, 3.63) is 35.6 Å². The van der Waals surface area contributed by atoms with Gasteiger partial charge in [0.15, 0.2) is 0 Å². The highest BCUT2D eigenvalue weighted by molar-refractivity contribution is 5.80. The van der Waals surface area contributed by atoms with Gasteiger partial charge >= 0.3 is 5.97 Å². The van der Waals surface area contributed by atoms with Gasteiger partial charge in [-0.05, 0) is 17.7 Å². The lowest BCUT2D eigenvalue weighted by Crippen LogP contribution is -2.51. The molecule has 1 saturated heterocycles. The number of hydrogen-bond acceptors (Lipinski definition) is 4. The van der Waals surface area contributed by atoms with E-state index in [0.717, 1.165) is 0 Å². The van der Waals surface area contributed by atoms with Crippen LogP contribution in [0.25, 0.3) is 0 Å². The monoisotopic (exact) mass is 352 g/mol. The van der Waals surface area contributed by atoms with Crippen LogP contribution in [0.2, 0.25) is 0 Å². The number of carboxylic acid groups (broad SMARTS) is 1. The number of nitrogens with zero attached hydrogens (tertiary/aromatic N) is 2. The molecule has 1 fully saturated rings. The van der Waals surface area contributed by atoms with Crippen molar-refractivity contribution in [2.45, 2.75) is 19.4 Å². The van der Waals surface area contributed by atoms with Crippen molar-refractivity contribution in [2.24, 2.45) is 0 Å². The number of morpholine rings is 1. The zero-order chi connectivity index (χ0) is 18.4. The largest absolute Gasteiger partial charge is 0.480 e. The van der Waals surface area contributed by atoms with Crippen molar-refractivity contribution < 1.29 is 28.6 Å². The Kier molecular flexibility index (Phi) is 6.46. The molecule has 1 heterocycles. The fourth-order valence-corrected chi connectivity index (χ4v) is 2.70. The molecule has 0 spiro atoms. The zero-order valence-electron chi connectivity index (χ0n) is 14.0. The van der Waals surface area contributed by atoms with Gasteiger partial charge in [0.05, 0.1) is 19.1 Å². The first-order valence-electron chi connectivity index (χ1n) is 7.96. The summed E-state index contributed by atoms with van der Waals surface area (Å²) in [5.41, 5.74) is 0.587. The molecule has 1 aromatic carbocycles. The fourth-order valence-electron chi connectivity index (χ4n) is 2.70. The summed E-state index contributed by atoms with van der Waals surface area (Å²) in [4.78, 5) is 37.5. The van der Waals surface area contributed by atoms with E-state index in [9.17, 15) is 18.8 Å². The summed E-state index contributed by atoms with van der Waals surface area (Å²) in [5, 5.41) is 8.86. The number of carbonyl (C=O) groups excluding carboxylic acids is 2. The minimum atomic E-state index is -1.11. The molecule has 1 atom stereocenters. The van der Waals surface area contributed by atoms with Gasteiger partial charge in [0, 0.05) is 26.6 Å². The van der Waals surface area contributed by atoms with Crippen LogP contribution in [0.3, 0.4) is 0 Å². The van der Waals surface area contributed by atoms with E-state index in [4.69, 9.17) is 9.84 Å². The second-order valence-electron chi connectivity index (χ2n) is 5.93. The Hall–Kier alpha value is -2.48. The van der Waals surface area contributed by atoms with Gasteiger partial charge in [-0.2, -0.15) is 0 Å². The van der Waals surface area contributed by atoms with Crippen molar-refractivity contribution in [1.29, 1.82) is 0 Å². The average molecular weight is 352 g/mol. The highest BCUT2D eigenvalue weighted by atomic mass is 19.1. The van der Waals surface area contributed by atoms with Crippen molar-refractivity contribution in [3.63, 3.8) is 0 Å². The molecule has 7 nitrogen and oxygen atoms in total. The van der Waals surface area contributed by atoms with Crippen LogP contribution in [0.1, 0.15) is 12.5 Å². The Morgan fingerprint density at radius 1 is 1.40 bits per heavy atom. The van der Waals surface area contributed by atoms with E-state index in [-0.39, 0.29) is 31.3 Å². The molecule has 2 amide bonds. The second kappa shape index (κ2) is 8.57. The lowest BCUT2D eigenvalue weighted by Gasteiger charge is -2.35. The normalized spacial score (nSPS) is 17.2. The lowest BCUT2D eigenvalue weighted by atomic mass is 10.1. The molecule has 1 N–H and O–H groups in total. The number of halogens is 1. The Morgan fingerprint density at radius 2 is 2.16 bits per heavy atom. The molecule has 0 aromatic heterocycles. The predicted molar refractivity (Wildman–Crippen MR) is 86.3 cm³/mol. The van der Waals surface area contributed by atoms with Crippen LogP contribution in [0.5, 0.6) is 0 Å². The zero-order valence-corrected chi connectivity index (χ0v) is 14.0. The van der Waals surface area contributed by atoms with Gasteiger partial charge in [0.1, 0.15) is 12.4 Å². The number of aliphatic carboxylic acids is 1. The molecule has 1 unspecified atom stereocenters. The van der Waals surface area contributed by atoms with Gasteiger partial charge in [-0.3, -0.25) is 14.4 Å². The lowest BCUT2D eigenvalue weighted by molar-refractivity contribution is -0.147. The van der Waals surface area contributed by atoms with Gasteiger partial charge in [-0.1, -0.05) is 12.1 Å². The second-order valence-corrected chi connectivity index (χ2v) is 5.93. The number of rotatable bonds is 6. The van der Waals surface area contributed by atoms with Crippen molar-refractivity contribution in [2.75, 3.05) is 32.8 Å². The number of carbonyl (C=O) groups is 3. The van der Waals surface area contributed by atoms with Crippen molar-refractivity contribution in [3.8, 4) is 0 Å². The summed E-state index contributed by atoms with van der Waals surface area (Å²) in [5.74, 6) is -2.03. The summed E-state index contributed by atoms with van der Waals surface area (Å²) in [6.07, 6.45) is -0.371. The Balaban J connectivity index is 1.94. The van der Waals surface area contributed by atoms with Crippen LogP contribution in [0, 0.1) is 5.82 Å². The van der Waals surface area contributed by atoms with E-state index < -0.39 is 24.4 Å². The van der Waals surface area contributed by atoms with Crippen LogP contribution in [0.4, 0.5) is 4.39 Å². The quantitative estimate of drug-likeness (QED) is 0.807. The summed E-state index contributed by atoms with van der Waals surface area (Å²) >= 11 is 0. The number of ether oxygens (including phenoxy) is 1. The maximum atomic E-state index is 13.2. The van der Waals surface area contributed by atoms with Crippen LogP contribution in [0.15, 0.2) is 24.3 Å². The van der Waals surface area contributed by atoms with E-state index in [2.05, 4.69) is 0 Å². The summed E-state index contributed by atoms with van der Waals surface area (Å²) < 4.78 is 18.8. The molecular formula is C17H21FN2O5. The maximum absolute atomic E-state index is 13.2. The molecule has 1 aromatic rings. The third-order valence-electron chi connectivity index (χ3n) is 3.93. The third-order valence-corrected chi connectivity index (χ3v) is 3.93. The minimum absolute atomic E-state index is 0.0794. The number of hydrogen-bond donors (Lipinski definition) is 1. The van der Waals surface area contributed by atoms with E-state index in [1.807, 2.05) is 0 Å². The Labute approximate surface area is 145 Å². The fraction of sp³-hybridized carbons (Fsp3) is 0.471. The molecule has 1 aliphatic rings. The first-order valence-corrected chi connectivity index (χ1v) is 7.96. The van der Waals surface area contributed by atoms with Gasteiger partial charge in [-0.15, -0.1) is 0 Å². The molecule has 2 rings (SSSR count). The highest BCUT2D eigenvalue weighted by Crippen LogP contribution is 2.11. The molecule has 8 heteroatoms. The molecule has 0 aliphatic carbocycles. The number of amides is 2. The van der Waals surface area contributed by atoms with E-state index in [0.29, 0.717) is 18.7 Å². The van der Waals surface area contributed by atoms with E-state index in [1.54, 1.807) is 17.0 Å². The first-order chi connectivity index (χ1) is 11.8. The van der Waals surface area contributed by atoms with Crippen LogP contribution < -0.4 is 0 Å². The van der Waals surface area contributed by atoms with E-state index >= 15 is 0 Å². The summed E-state index contributed by atoms with van der Waals surface area (Å²) in [6, 6.07) is 5.87. The molecule has 0 saturated carbocycles. The third kappa shape index (κ3) is 5.82. The van der Waals surface area contributed by atoms with Gasteiger partial charge in [0.2, 0.25) is 11.8 Å². The Morgan fingerprint density at radius 3 is 2.80 bits per heavy atom. The van der Waals surface area contributed by atoms with Crippen LogP contribution in [-0.4, -0.2) is 71.6 Å². The van der Waals surface area contributed by atoms with Crippen molar-refractivity contribution >= 4 is 17.8 Å². The molecule has 25 heavy (non-hydrogen) atoms. The predicted octanol–water partition coefficient (Wildman–Crippen LogP) is 0.529. The minimum Gasteiger partial charge on any atom is -0.480 e. The Bertz CT molecular complexity index is 652. The van der Waals surface area contributed by atoms with Crippen LogP contribution >= 0.6 is 0 Å². The topological polar surface area (TPSA) is 87.2 Å². The van der Waals surface area contributed by atoms with E-state index in [1.165, 1.54) is 24.0 Å². The molecule has 136 valence electrons. The average Bonchev–Trinajstić information content (AvgIpc) is 2.54. The molecular weight excluding hydrogens is 331 g/mol. The first kappa shape index (κ1) is 18.9. The standard InChI is InChI=1S/C17H21FN2O5/c1-12(21)20(11-17(23)24)10-15-9-19(5-6-25-15)16(22)8-13-3-2-4-14(18)7-13/h2-4,7,15H,5-6,8-11H2,1H3,(H,23,24). The molecule has 0 radical (unpaired) electrons. The van der Waals surface area contributed by atoms with Crippen molar-refractivity contribution in [1.82, 2.24) is 9.80 Å². The SMILES string of the molecule is CC(=O)N(CC(=O)O)CC1CN(C(=O)Cc2cccc(F)c2)CCO1. The van der Waals surface area contributed by atoms with Gasteiger partial charge in [0.25, 0.3) is 0 Å². The number of benzene rings is 1.